The lowest BCUT2D eigenvalue weighted by Crippen LogP contribution is -2.15. The van der Waals surface area contributed by atoms with Crippen LogP contribution in [0.15, 0.2) is 41.3 Å². The molecule has 0 fully saturated rings. The number of halogens is 2. The molecule has 0 amide bonds. The maximum absolute atomic E-state index is 13.5. The number of hydrogen-bond acceptors (Lipinski definition) is 4. The second kappa shape index (κ2) is 5.38. The van der Waals surface area contributed by atoms with Gasteiger partial charge in [-0.1, -0.05) is 0 Å². The molecule has 0 aliphatic heterocycles. The van der Waals surface area contributed by atoms with E-state index in [0.717, 1.165) is 18.2 Å². The summed E-state index contributed by atoms with van der Waals surface area (Å²) in [5.41, 5.74) is 5.22. The molecule has 0 aliphatic carbocycles. The highest BCUT2D eigenvalue weighted by molar-refractivity contribution is 7.92. The van der Waals surface area contributed by atoms with E-state index in [4.69, 9.17) is 11.0 Å². The van der Waals surface area contributed by atoms with Crippen LogP contribution in [0.1, 0.15) is 5.56 Å². The van der Waals surface area contributed by atoms with Crippen LogP contribution in [-0.2, 0) is 10.0 Å². The number of rotatable bonds is 3. The van der Waals surface area contributed by atoms with Gasteiger partial charge in [0.25, 0.3) is 10.0 Å². The van der Waals surface area contributed by atoms with Gasteiger partial charge in [-0.25, -0.2) is 17.2 Å². The lowest BCUT2D eigenvalue weighted by Gasteiger charge is -2.11. The van der Waals surface area contributed by atoms with Gasteiger partial charge in [-0.05, 0) is 30.3 Å². The molecule has 5 nitrogen and oxygen atoms in total. The number of nitrogen functional groups attached to an aromatic ring is 1. The van der Waals surface area contributed by atoms with Crippen molar-refractivity contribution in [3.05, 3.63) is 53.6 Å². The Hall–Kier alpha value is -2.66. The minimum absolute atomic E-state index is 0.149. The monoisotopic (exact) mass is 309 g/mol. The molecule has 0 aromatic heterocycles. The Kier molecular flexibility index (Phi) is 3.78. The number of sulfonamides is 1. The van der Waals surface area contributed by atoms with E-state index in [2.05, 4.69) is 0 Å². The van der Waals surface area contributed by atoms with Crippen molar-refractivity contribution >= 4 is 21.4 Å². The number of nitrogens with two attached hydrogens (primary N) is 1. The van der Waals surface area contributed by atoms with E-state index >= 15 is 0 Å². The molecule has 0 saturated heterocycles. The fourth-order valence-corrected chi connectivity index (χ4v) is 2.82. The molecule has 8 heteroatoms. The fourth-order valence-electron chi connectivity index (χ4n) is 1.63. The normalized spacial score (nSPS) is 10.9. The molecule has 0 bridgehead atoms. The highest BCUT2D eigenvalue weighted by Crippen LogP contribution is 2.24. The second-order valence-electron chi connectivity index (χ2n) is 4.09. The standard InChI is InChI=1S/C13H9F2N3O2S/c14-9-2-3-12(10(15)6-9)18-21(19,20)13-4-1-8(7-16)5-11(13)17/h1-6,18H,17H2. The van der Waals surface area contributed by atoms with E-state index in [0.29, 0.717) is 6.07 Å². The molecule has 0 saturated carbocycles. The lowest BCUT2D eigenvalue weighted by molar-refractivity contribution is 0.583. The minimum Gasteiger partial charge on any atom is -0.398 e. The summed E-state index contributed by atoms with van der Waals surface area (Å²) in [4.78, 5) is -0.301. The van der Waals surface area contributed by atoms with Crippen molar-refractivity contribution in [2.45, 2.75) is 4.90 Å². The third kappa shape index (κ3) is 3.09. The zero-order valence-corrected chi connectivity index (χ0v) is 11.3. The van der Waals surface area contributed by atoms with Crippen LogP contribution in [0.25, 0.3) is 0 Å². The van der Waals surface area contributed by atoms with Crippen molar-refractivity contribution in [2.24, 2.45) is 0 Å². The summed E-state index contributed by atoms with van der Waals surface area (Å²) in [6.45, 7) is 0. The van der Waals surface area contributed by atoms with Gasteiger partial charge in [0.1, 0.15) is 16.5 Å². The molecule has 0 aliphatic rings. The Morgan fingerprint density at radius 2 is 1.86 bits per heavy atom. The zero-order chi connectivity index (χ0) is 15.6. The van der Waals surface area contributed by atoms with Gasteiger partial charge in [-0.15, -0.1) is 0 Å². The van der Waals surface area contributed by atoms with Crippen molar-refractivity contribution < 1.29 is 17.2 Å². The topological polar surface area (TPSA) is 96.0 Å². The SMILES string of the molecule is N#Cc1ccc(S(=O)(=O)Nc2ccc(F)cc2F)c(N)c1. The molecule has 0 unspecified atom stereocenters. The first-order chi connectivity index (χ1) is 9.83. The first-order valence-corrected chi connectivity index (χ1v) is 7.09. The van der Waals surface area contributed by atoms with Crippen molar-refractivity contribution in [3.8, 4) is 6.07 Å². The van der Waals surface area contributed by atoms with E-state index in [-0.39, 0.29) is 16.1 Å². The van der Waals surface area contributed by atoms with E-state index < -0.39 is 27.3 Å². The zero-order valence-electron chi connectivity index (χ0n) is 10.5. The summed E-state index contributed by atoms with van der Waals surface area (Å²) < 4.78 is 52.5. The number of anilines is 2. The minimum atomic E-state index is -4.15. The summed E-state index contributed by atoms with van der Waals surface area (Å²) in [6, 6.07) is 7.85. The fraction of sp³-hybridized carbons (Fsp3) is 0. The van der Waals surface area contributed by atoms with Gasteiger partial charge in [0.15, 0.2) is 0 Å². The molecule has 0 heterocycles. The van der Waals surface area contributed by atoms with Gasteiger partial charge < -0.3 is 5.73 Å². The number of nitrogens with one attached hydrogen (secondary N) is 1. The van der Waals surface area contributed by atoms with Gasteiger partial charge in [-0.2, -0.15) is 5.26 Å². The van der Waals surface area contributed by atoms with Crippen LogP contribution in [0.2, 0.25) is 0 Å². The van der Waals surface area contributed by atoms with Crippen molar-refractivity contribution in [1.82, 2.24) is 0 Å². The molecule has 21 heavy (non-hydrogen) atoms. The first-order valence-electron chi connectivity index (χ1n) is 5.61. The number of nitriles is 1. The van der Waals surface area contributed by atoms with Crippen molar-refractivity contribution in [2.75, 3.05) is 10.5 Å². The number of hydrogen-bond donors (Lipinski definition) is 2. The Labute approximate surface area is 119 Å². The van der Waals surface area contributed by atoms with Crippen LogP contribution in [0.5, 0.6) is 0 Å². The molecule has 2 aromatic rings. The van der Waals surface area contributed by atoms with Gasteiger partial charge in [0.05, 0.1) is 23.0 Å². The van der Waals surface area contributed by atoms with Gasteiger partial charge in [0, 0.05) is 6.07 Å². The van der Waals surface area contributed by atoms with Crippen LogP contribution >= 0.6 is 0 Å². The lowest BCUT2D eigenvalue weighted by atomic mass is 10.2. The summed E-state index contributed by atoms with van der Waals surface area (Å²) in [5, 5.41) is 8.70. The highest BCUT2D eigenvalue weighted by Gasteiger charge is 2.19. The molecular formula is C13H9F2N3O2S. The highest BCUT2D eigenvalue weighted by atomic mass is 32.2. The Bertz CT molecular complexity index is 845. The van der Waals surface area contributed by atoms with Crippen LogP contribution in [0, 0.1) is 23.0 Å². The van der Waals surface area contributed by atoms with E-state index in [9.17, 15) is 17.2 Å². The van der Waals surface area contributed by atoms with Crippen LogP contribution in [0.4, 0.5) is 20.2 Å². The molecule has 0 atom stereocenters. The predicted octanol–water partition coefficient (Wildman–Crippen LogP) is 2.22. The van der Waals surface area contributed by atoms with E-state index in [1.807, 2.05) is 10.8 Å². The van der Waals surface area contributed by atoms with Crippen LogP contribution in [0.3, 0.4) is 0 Å². The Morgan fingerprint density at radius 1 is 1.14 bits per heavy atom. The van der Waals surface area contributed by atoms with E-state index in [1.54, 1.807) is 0 Å². The first kappa shape index (κ1) is 14.7. The molecule has 0 spiro atoms. The van der Waals surface area contributed by atoms with Crippen molar-refractivity contribution in [1.29, 1.82) is 5.26 Å². The average molecular weight is 309 g/mol. The molecule has 3 N–H and O–H groups in total. The number of nitrogens with zero attached hydrogens (tertiary/aromatic N) is 1. The molecule has 2 aromatic carbocycles. The summed E-state index contributed by atoms with van der Waals surface area (Å²) in [6.07, 6.45) is 0. The summed E-state index contributed by atoms with van der Waals surface area (Å²) in [5.74, 6) is -1.88. The Balaban J connectivity index is 2.41. The largest absolute Gasteiger partial charge is 0.398 e. The van der Waals surface area contributed by atoms with Gasteiger partial charge in [0.2, 0.25) is 0 Å². The average Bonchev–Trinajstić information content (AvgIpc) is 2.41. The molecule has 2 rings (SSSR count). The molecule has 108 valence electrons. The third-order valence-electron chi connectivity index (χ3n) is 2.60. The van der Waals surface area contributed by atoms with Gasteiger partial charge in [-0.3, -0.25) is 4.72 Å². The maximum Gasteiger partial charge on any atom is 0.264 e. The molecular weight excluding hydrogens is 300 g/mol. The molecule has 0 radical (unpaired) electrons. The summed E-state index contributed by atoms with van der Waals surface area (Å²) >= 11 is 0. The third-order valence-corrected chi connectivity index (χ3v) is 4.04. The Morgan fingerprint density at radius 3 is 2.43 bits per heavy atom. The van der Waals surface area contributed by atoms with Gasteiger partial charge >= 0.3 is 0 Å². The second-order valence-corrected chi connectivity index (χ2v) is 5.74. The van der Waals surface area contributed by atoms with Crippen LogP contribution < -0.4 is 10.5 Å². The quantitative estimate of drug-likeness (QED) is 0.850. The van der Waals surface area contributed by atoms with Crippen molar-refractivity contribution in [3.63, 3.8) is 0 Å². The predicted molar refractivity (Wildman–Crippen MR) is 72.7 cm³/mol. The maximum atomic E-state index is 13.5. The smallest absolute Gasteiger partial charge is 0.264 e. The summed E-state index contributed by atoms with van der Waals surface area (Å²) in [7, 11) is -4.15. The van der Waals surface area contributed by atoms with E-state index in [1.165, 1.54) is 12.1 Å². The number of benzene rings is 2. The van der Waals surface area contributed by atoms with Crippen LogP contribution in [-0.4, -0.2) is 8.42 Å².